The van der Waals surface area contributed by atoms with E-state index in [4.69, 9.17) is 16.7 Å². The standard InChI is InChI=1S/C12H17ClN3O3S3/c1-8(17)20-6-5-12(2)15-21-11-4-3-9(13)7-10(11)16(12)22(14,18)19/h3-4,7,15,21H,5-6H2,1-2H3,(H2,14,18,19). The van der Waals surface area contributed by atoms with Gasteiger partial charge in [-0.3, -0.25) is 4.79 Å². The summed E-state index contributed by atoms with van der Waals surface area (Å²) in [6, 6.07) is 5.05. The van der Waals surface area contributed by atoms with E-state index < -0.39 is 15.9 Å². The minimum absolute atomic E-state index is 0.0115. The van der Waals surface area contributed by atoms with Gasteiger partial charge in [-0.1, -0.05) is 23.4 Å². The van der Waals surface area contributed by atoms with Gasteiger partial charge in [0, 0.05) is 22.6 Å². The Balaban J connectivity index is 2.41. The maximum absolute atomic E-state index is 12.1. The fourth-order valence-corrected chi connectivity index (χ4v) is 5.43. The maximum Gasteiger partial charge on any atom is 0.300 e. The third kappa shape index (κ3) is 3.90. The van der Waals surface area contributed by atoms with Crippen LogP contribution in [0.1, 0.15) is 20.3 Å². The van der Waals surface area contributed by atoms with E-state index >= 15 is 0 Å². The summed E-state index contributed by atoms with van der Waals surface area (Å²) < 4.78 is 28.6. The van der Waals surface area contributed by atoms with Gasteiger partial charge in [-0.05, 0) is 31.5 Å². The monoisotopic (exact) mass is 382 g/mol. The van der Waals surface area contributed by atoms with Crippen LogP contribution in [-0.2, 0) is 15.0 Å². The van der Waals surface area contributed by atoms with E-state index in [1.54, 1.807) is 25.1 Å². The van der Waals surface area contributed by atoms with Gasteiger partial charge >= 0.3 is 10.2 Å². The molecule has 1 unspecified atom stereocenters. The van der Waals surface area contributed by atoms with Crippen molar-refractivity contribution in [2.24, 2.45) is 5.14 Å². The molecule has 0 aliphatic carbocycles. The summed E-state index contributed by atoms with van der Waals surface area (Å²) in [5.41, 5.74) is -0.458. The average Bonchev–Trinajstić information content (AvgIpc) is 2.35. The molecule has 0 aromatic heterocycles. The maximum atomic E-state index is 12.1. The summed E-state index contributed by atoms with van der Waals surface area (Å²) in [4.78, 5) is 11.9. The highest BCUT2D eigenvalue weighted by Crippen LogP contribution is 2.42. The summed E-state index contributed by atoms with van der Waals surface area (Å²) in [6.07, 6.45) is 0.423. The summed E-state index contributed by atoms with van der Waals surface area (Å²) in [5.74, 6) is 0.482. The van der Waals surface area contributed by atoms with Crippen LogP contribution in [0.5, 0.6) is 0 Å². The van der Waals surface area contributed by atoms with Crippen LogP contribution in [0, 0.1) is 0 Å². The van der Waals surface area contributed by atoms with Crippen LogP contribution >= 0.6 is 35.3 Å². The number of thioether (sulfide) groups is 1. The first-order chi connectivity index (χ1) is 10.1. The lowest BCUT2D eigenvalue weighted by molar-refractivity contribution is -0.109. The van der Waals surface area contributed by atoms with Crippen molar-refractivity contribution in [2.75, 3.05) is 10.1 Å². The zero-order chi connectivity index (χ0) is 16.5. The number of benzene rings is 1. The molecule has 22 heavy (non-hydrogen) atoms. The van der Waals surface area contributed by atoms with Crippen LogP contribution in [-0.4, -0.2) is 24.9 Å². The number of hydrogen-bond acceptors (Lipinski definition) is 5. The highest BCUT2D eigenvalue weighted by atomic mass is 35.5. The lowest BCUT2D eigenvalue weighted by Crippen LogP contribution is -2.61. The number of thiol groups is 1. The largest absolute Gasteiger partial charge is 0.300 e. The molecule has 0 fully saturated rings. The lowest BCUT2D eigenvalue weighted by atomic mass is 10.1. The van der Waals surface area contributed by atoms with Gasteiger partial charge in [0.25, 0.3) is 0 Å². The Morgan fingerprint density at radius 3 is 2.82 bits per heavy atom. The average molecular weight is 383 g/mol. The van der Waals surface area contributed by atoms with Crippen molar-refractivity contribution < 1.29 is 13.2 Å². The molecule has 1 aromatic rings. The van der Waals surface area contributed by atoms with Gasteiger partial charge in [-0.15, -0.1) is 11.9 Å². The lowest BCUT2D eigenvalue weighted by Gasteiger charge is -2.45. The molecule has 0 bridgehead atoms. The van der Waals surface area contributed by atoms with E-state index in [2.05, 4.69) is 4.72 Å². The number of hydrogen-bond donors (Lipinski definition) is 3. The smallest absolute Gasteiger partial charge is 0.288 e. The molecule has 1 aromatic carbocycles. The van der Waals surface area contributed by atoms with E-state index in [1.165, 1.54) is 6.92 Å². The zero-order valence-corrected chi connectivity index (χ0v) is 15.3. The number of carbonyl (C=O) groups is 1. The minimum Gasteiger partial charge on any atom is -0.288 e. The number of carbonyl (C=O) groups excluding carboxylic acids is 1. The summed E-state index contributed by atoms with van der Waals surface area (Å²) in [7, 11) is -4.00. The first-order valence-corrected chi connectivity index (χ1v) is 10.1. The van der Waals surface area contributed by atoms with Gasteiger partial charge in [0.2, 0.25) is 0 Å². The molecular formula is C12H17ClN3O3S3. The van der Waals surface area contributed by atoms with Gasteiger partial charge in [0.15, 0.2) is 5.12 Å². The van der Waals surface area contributed by atoms with Crippen molar-refractivity contribution >= 4 is 56.3 Å². The number of halogens is 1. The van der Waals surface area contributed by atoms with Crippen LogP contribution in [0.25, 0.3) is 0 Å². The summed E-state index contributed by atoms with van der Waals surface area (Å²) in [6.45, 7) is 3.22. The molecule has 0 saturated carbocycles. The molecule has 0 spiro atoms. The molecule has 1 radical (unpaired) electrons. The van der Waals surface area contributed by atoms with Gasteiger partial charge in [0.05, 0.1) is 5.69 Å². The van der Waals surface area contributed by atoms with Crippen LogP contribution in [0.15, 0.2) is 23.1 Å². The molecule has 6 nitrogen and oxygen atoms in total. The van der Waals surface area contributed by atoms with Crippen molar-refractivity contribution in [3.05, 3.63) is 23.2 Å². The van der Waals surface area contributed by atoms with E-state index in [0.717, 1.165) is 32.9 Å². The molecule has 2 rings (SSSR count). The Morgan fingerprint density at radius 1 is 1.55 bits per heavy atom. The van der Waals surface area contributed by atoms with Crippen LogP contribution in [0.2, 0.25) is 5.02 Å². The Labute approximate surface area is 143 Å². The van der Waals surface area contributed by atoms with Crippen molar-refractivity contribution in [1.82, 2.24) is 4.72 Å². The number of nitrogens with zero attached hydrogens (tertiary/aromatic N) is 1. The predicted octanol–water partition coefficient (Wildman–Crippen LogP) is 2.08. The Hall–Kier alpha value is -0.450. The molecule has 3 N–H and O–H groups in total. The normalized spacial score (nSPS) is 21.5. The van der Waals surface area contributed by atoms with E-state index in [1.807, 2.05) is 0 Å². The Kier molecular flexibility index (Phi) is 5.35. The van der Waals surface area contributed by atoms with Crippen LogP contribution in [0.3, 0.4) is 0 Å². The minimum atomic E-state index is -4.00. The molecule has 123 valence electrons. The molecule has 1 aliphatic rings. The first-order valence-electron chi connectivity index (χ1n) is 6.37. The number of nitrogens with two attached hydrogens (primary N) is 1. The van der Waals surface area contributed by atoms with Crippen LogP contribution < -0.4 is 14.2 Å². The Bertz CT molecular complexity index is 698. The SMILES string of the molecule is CC(=O)SCCC1(C)N[SH]c2ccc(Cl)cc2N1S(N)(=O)=O. The van der Waals surface area contributed by atoms with E-state index in [-0.39, 0.29) is 5.12 Å². The Morgan fingerprint density at radius 2 is 2.23 bits per heavy atom. The topological polar surface area (TPSA) is 92.5 Å². The summed E-state index contributed by atoms with van der Waals surface area (Å²) in [5, 5.41) is 5.84. The second-order valence-electron chi connectivity index (χ2n) is 5.03. The quantitative estimate of drug-likeness (QED) is 0.693. The molecule has 1 atom stereocenters. The highest BCUT2D eigenvalue weighted by molar-refractivity contribution is 8.13. The van der Waals surface area contributed by atoms with Gasteiger partial charge in [-0.2, -0.15) is 8.42 Å². The molecule has 1 aliphatic heterocycles. The molecule has 10 heteroatoms. The fourth-order valence-electron chi connectivity index (χ4n) is 2.21. The molecule has 0 saturated heterocycles. The molecule has 1 heterocycles. The fraction of sp³-hybridized carbons (Fsp3) is 0.417. The second kappa shape index (κ2) is 6.58. The van der Waals surface area contributed by atoms with Crippen LogP contribution in [0.4, 0.5) is 5.69 Å². The third-order valence-corrected chi connectivity index (χ3v) is 6.54. The van der Waals surface area contributed by atoms with Crippen molar-refractivity contribution in [1.29, 1.82) is 0 Å². The van der Waals surface area contributed by atoms with Crippen molar-refractivity contribution in [2.45, 2.75) is 30.8 Å². The number of rotatable bonds is 4. The van der Waals surface area contributed by atoms with Crippen molar-refractivity contribution in [3.63, 3.8) is 0 Å². The number of nitrogens with one attached hydrogen (secondary N) is 1. The van der Waals surface area contributed by atoms with E-state index in [0.29, 0.717) is 22.9 Å². The highest BCUT2D eigenvalue weighted by Gasteiger charge is 2.42. The van der Waals surface area contributed by atoms with E-state index in [9.17, 15) is 13.2 Å². The number of anilines is 1. The number of fused-ring (bicyclic) bond motifs is 1. The van der Waals surface area contributed by atoms with Gasteiger partial charge in [-0.25, -0.2) is 14.2 Å². The van der Waals surface area contributed by atoms with Gasteiger partial charge < -0.3 is 0 Å². The predicted molar refractivity (Wildman–Crippen MR) is 93.6 cm³/mol. The van der Waals surface area contributed by atoms with Crippen molar-refractivity contribution in [3.8, 4) is 0 Å². The van der Waals surface area contributed by atoms with Gasteiger partial charge in [0.1, 0.15) is 5.66 Å². The third-order valence-electron chi connectivity index (χ3n) is 3.17. The zero-order valence-electron chi connectivity index (χ0n) is 12.0. The second-order valence-corrected chi connectivity index (χ2v) is 9.06. The molecule has 0 amide bonds. The summed E-state index contributed by atoms with van der Waals surface area (Å²) >= 11 is 7.92. The first kappa shape index (κ1) is 17.9. The molecular weight excluding hydrogens is 366 g/mol.